The van der Waals surface area contributed by atoms with Gasteiger partial charge in [-0.1, -0.05) is 6.92 Å². The third-order valence-corrected chi connectivity index (χ3v) is 1.53. The van der Waals surface area contributed by atoms with E-state index in [1.54, 1.807) is 0 Å². The number of esters is 1. The van der Waals surface area contributed by atoms with Crippen LogP contribution in [0.4, 0.5) is 13.2 Å². The molecule has 72 valence electrons. The number of alkyl halides is 3. The van der Waals surface area contributed by atoms with Crippen LogP contribution < -0.4 is 5.73 Å². The van der Waals surface area contributed by atoms with Crippen LogP contribution in [0, 0.1) is 5.92 Å². The molecular formula is C6H10F3NO2. The van der Waals surface area contributed by atoms with Crippen molar-refractivity contribution in [2.24, 2.45) is 11.7 Å². The molecule has 0 aliphatic carbocycles. The Morgan fingerprint density at radius 2 is 1.92 bits per heavy atom. The van der Waals surface area contributed by atoms with E-state index in [1.807, 2.05) is 0 Å². The molecule has 0 aromatic carbocycles. The second kappa shape index (κ2) is 3.75. The summed E-state index contributed by atoms with van der Waals surface area (Å²) in [6.07, 6.45) is -4.46. The maximum Gasteiger partial charge on any atom is 0.393 e. The van der Waals surface area contributed by atoms with Gasteiger partial charge in [-0.15, -0.1) is 0 Å². The zero-order chi connectivity index (χ0) is 9.94. The van der Waals surface area contributed by atoms with E-state index in [4.69, 9.17) is 5.73 Å². The minimum absolute atomic E-state index is 0.835. The Bertz CT molecular complexity index is 169. The van der Waals surface area contributed by atoms with E-state index in [9.17, 15) is 18.0 Å². The molecule has 0 bridgehead atoms. The zero-order valence-corrected chi connectivity index (χ0v) is 6.68. The number of methoxy groups -OCH3 is 1. The summed E-state index contributed by atoms with van der Waals surface area (Å²) in [4.78, 5) is 10.6. The molecule has 0 fully saturated rings. The van der Waals surface area contributed by atoms with Crippen molar-refractivity contribution in [3.05, 3.63) is 0 Å². The van der Waals surface area contributed by atoms with Crippen molar-refractivity contribution in [2.75, 3.05) is 7.11 Å². The number of hydrogen-bond donors (Lipinski definition) is 1. The molecule has 2 atom stereocenters. The standard InChI is InChI=1S/C6H10F3NO2/c1-3(6(7,8)9)4(10)5(11)12-2/h3-4H,10H2,1-2H3/t3-,4-/m0/s1. The first-order valence-corrected chi connectivity index (χ1v) is 3.20. The molecule has 0 saturated heterocycles. The number of nitrogens with two attached hydrogens (primary N) is 1. The fourth-order valence-electron chi connectivity index (χ4n) is 0.544. The number of halogens is 3. The molecule has 0 aromatic rings. The lowest BCUT2D eigenvalue weighted by molar-refractivity contribution is -0.183. The fraction of sp³-hybridized carbons (Fsp3) is 0.833. The van der Waals surface area contributed by atoms with Crippen LogP contribution >= 0.6 is 0 Å². The first-order valence-electron chi connectivity index (χ1n) is 3.20. The average Bonchev–Trinajstić information content (AvgIpc) is 1.98. The Labute approximate surface area is 67.7 Å². The summed E-state index contributed by atoms with van der Waals surface area (Å²) in [6, 6.07) is -1.64. The third kappa shape index (κ3) is 2.69. The first kappa shape index (κ1) is 11.2. The number of carbonyl (C=O) groups excluding carboxylic acids is 1. The SMILES string of the molecule is COC(=O)[C@@H](N)[C@H](C)C(F)(F)F. The molecule has 3 nitrogen and oxygen atoms in total. The van der Waals surface area contributed by atoms with Crippen LogP contribution in [-0.4, -0.2) is 25.3 Å². The summed E-state index contributed by atoms with van der Waals surface area (Å²) < 4.78 is 39.8. The molecule has 0 amide bonds. The Hall–Kier alpha value is -0.780. The fourth-order valence-corrected chi connectivity index (χ4v) is 0.544. The predicted octanol–water partition coefficient (Wildman–Crippen LogP) is 0.685. The summed E-state index contributed by atoms with van der Waals surface area (Å²) in [7, 11) is 0.991. The van der Waals surface area contributed by atoms with Crippen LogP contribution in [0.25, 0.3) is 0 Å². The van der Waals surface area contributed by atoms with Gasteiger partial charge in [0.25, 0.3) is 0 Å². The molecule has 6 heteroatoms. The van der Waals surface area contributed by atoms with Gasteiger partial charge >= 0.3 is 12.1 Å². The van der Waals surface area contributed by atoms with Crippen molar-refractivity contribution in [3.63, 3.8) is 0 Å². The highest BCUT2D eigenvalue weighted by atomic mass is 19.4. The smallest absolute Gasteiger partial charge is 0.393 e. The second-order valence-corrected chi connectivity index (χ2v) is 2.38. The van der Waals surface area contributed by atoms with Crippen LogP contribution in [0.1, 0.15) is 6.92 Å². The van der Waals surface area contributed by atoms with Gasteiger partial charge in [-0.25, -0.2) is 0 Å². The van der Waals surface area contributed by atoms with E-state index in [0.717, 1.165) is 14.0 Å². The lowest BCUT2D eigenvalue weighted by atomic mass is 10.0. The minimum atomic E-state index is -4.46. The average molecular weight is 185 g/mol. The first-order chi connectivity index (χ1) is 5.30. The van der Waals surface area contributed by atoms with Gasteiger partial charge in [0.05, 0.1) is 13.0 Å². The molecule has 0 radical (unpaired) electrons. The Kier molecular flexibility index (Phi) is 3.51. The van der Waals surface area contributed by atoms with E-state index >= 15 is 0 Å². The van der Waals surface area contributed by atoms with Crippen molar-refractivity contribution in [1.29, 1.82) is 0 Å². The van der Waals surface area contributed by atoms with Crippen LogP contribution in [0.5, 0.6) is 0 Å². The molecule has 0 aliphatic rings. The monoisotopic (exact) mass is 185 g/mol. The highest BCUT2D eigenvalue weighted by molar-refractivity contribution is 5.75. The lowest BCUT2D eigenvalue weighted by Gasteiger charge is -2.19. The van der Waals surface area contributed by atoms with Crippen LogP contribution in [0.3, 0.4) is 0 Å². The molecule has 12 heavy (non-hydrogen) atoms. The molecule has 0 rings (SSSR count). The summed E-state index contributed by atoms with van der Waals surface area (Å²) >= 11 is 0. The third-order valence-electron chi connectivity index (χ3n) is 1.53. The van der Waals surface area contributed by atoms with Gasteiger partial charge < -0.3 is 10.5 Å². The van der Waals surface area contributed by atoms with Crippen LogP contribution in [-0.2, 0) is 9.53 Å². The number of rotatable bonds is 2. The number of ether oxygens (including phenoxy) is 1. The topological polar surface area (TPSA) is 52.3 Å². The Morgan fingerprint density at radius 1 is 1.50 bits per heavy atom. The van der Waals surface area contributed by atoms with E-state index in [-0.39, 0.29) is 0 Å². The van der Waals surface area contributed by atoms with Gasteiger partial charge in [0, 0.05) is 0 Å². The summed E-state index contributed by atoms with van der Waals surface area (Å²) in [5, 5.41) is 0. The highest BCUT2D eigenvalue weighted by Gasteiger charge is 2.42. The number of hydrogen-bond acceptors (Lipinski definition) is 3. The van der Waals surface area contributed by atoms with E-state index in [0.29, 0.717) is 0 Å². The van der Waals surface area contributed by atoms with E-state index in [2.05, 4.69) is 4.74 Å². The van der Waals surface area contributed by atoms with Gasteiger partial charge in [0.15, 0.2) is 0 Å². The second-order valence-electron chi connectivity index (χ2n) is 2.38. The summed E-state index contributed by atoms with van der Waals surface area (Å²) in [5.41, 5.74) is 4.96. The van der Waals surface area contributed by atoms with Crippen molar-refractivity contribution in [2.45, 2.75) is 19.1 Å². The largest absolute Gasteiger partial charge is 0.468 e. The molecule has 0 aliphatic heterocycles. The van der Waals surface area contributed by atoms with Gasteiger partial charge in [-0.3, -0.25) is 4.79 Å². The van der Waals surface area contributed by atoms with Crippen molar-refractivity contribution in [1.82, 2.24) is 0 Å². The lowest BCUT2D eigenvalue weighted by Crippen LogP contribution is -2.44. The number of carbonyl (C=O) groups is 1. The summed E-state index contributed by atoms with van der Waals surface area (Å²) in [6.45, 7) is 0.835. The van der Waals surface area contributed by atoms with E-state index in [1.165, 1.54) is 0 Å². The predicted molar refractivity (Wildman–Crippen MR) is 35.2 cm³/mol. The molecular weight excluding hydrogens is 175 g/mol. The van der Waals surface area contributed by atoms with Crippen molar-refractivity contribution >= 4 is 5.97 Å². The maximum absolute atomic E-state index is 11.9. The molecule has 0 spiro atoms. The maximum atomic E-state index is 11.9. The quantitative estimate of drug-likeness (QED) is 0.644. The molecule has 2 N–H and O–H groups in total. The summed E-state index contributed by atoms with van der Waals surface area (Å²) in [5.74, 6) is -2.94. The van der Waals surface area contributed by atoms with Gasteiger partial charge in [-0.05, 0) is 0 Å². The van der Waals surface area contributed by atoms with Crippen LogP contribution in [0.15, 0.2) is 0 Å². The highest BCUT2D eigenvalue weighted by Crippen LogP contribution is 2.27. The minimum Gasteiger partial charge on any atom is -0.468 e. The molecule has 0 unspecified atom stereocenters. The molecule has 0 aromatic heterocycles. The normalized spacial score (nSPS) is 16.8. The zero-order valence-electron chi connectivity index (χ0n) is 6.68. The van der Waals surface area contributed by atoms with Gasteiger partial charge in [0.1, 0.15) is 6.04 Å². The Balaban J connectivity index is 4.29. The van der Waals surface area contributed by atoms with Crippen LogP contribution in [0.2, 0.25) is 0 Å². The van der Waals surface area contributed by atoms with Crippen molar-refractivity contribution < 1.29 is 22.7 Å². The molecule has 0 heterocycles. The van der Waals surface area contributed by atoms with Gasteiger partial charge in [0.2, 0.25) is 0 Å². The Morgan fingerprint density at radius 3 is 2.17 bits per heavy atom. The van der Waals surface area contributed by atoms with Gasteiger partial charge in [-0.2, -0.15) is 13.2 Å². The van der Waals surface area contributed by atoms with Crippen molar-refractivity contribution in [3.8, 4) is 0 Å². The molecule has 0 saturated carbocycles. The van der Waals surface area contributed by atoms with E-state index < -0.39 is 24.1 Å².